The molecule has 0 bridgehead atoms. The number of hydrogen-bond acceptors (Lipinski definition) is 2. The lowest BCUT2D eigenvalue weighted by Crippen LogP contribution is -2.13. The summed E-state index contributed by atoms with van der Waals surface area (Å²) >= 11 is 0. The van der Waals surface area contributed by atoms with Gasteiger partial charge in [0.05, 0.1) is 6.04 Å². The number of rotatable bonds is 2. The fourth-order valence-corrected chi connectivity index (χ4v) is 1.65. The molecule has 0 spiro atoms. The highest BCUT2D eigenvalue weighted by molar-refractivity contribution is 5.33. The van der Waals surface area contributed by atoms with Crippen molar-refractivity contribution in [2.45, 2.75) is 13.0 Å². The van der Waals surface area contributed by atoms with Crippen LogP contribution in [0, 0.1) is 12.7 Å². The van der Waals surface area contributed by atoms with Gasteiger partial charge in [-0.15, -0.1) is 0 Å². The van der Waals surface area contributed by atoms with Crippen LogP contribution in [0.4, 0.5) is 4.39 Å². The first-order valence-corrected chi connectivity index (χ1v) is 5.10. The number of hydrogen-bond donors (Lipinski definition) is 1. The molecule has 0 radical (unpaired) electrons. The van der Waals surface area contributed by atoms with Crippen molar-refractivity contribution in [3.8, 4) is 0 Å². The summed E-state index contributed by atoms with van der Waals surface area (Å²) in [5.41, 5.74) is 8.40. The van der Waals surface area contributed by atoms with E-state index in [2.05, 4.69) is 4.98 Å². The monoisotopic (exact) mass is 216 g/mol. The van der Waals surface area contributed by atoms with Gasteiger partial charge in [-0.25, -0.2) is 4.39 Å². The van der Waals surface area contributed by atoms with E-state index in [4.69, 9.17) is 5.73 Å². The summed E-state index contributed by atoms with van der Waals surface area (Å²) in [6.07, 6.45) is 3.31. The molecular weight excluding hydrogens is 203 g/mol. The van der Waals surface area contributed by atoms with Crippen LogP contribution < -0.4 is 5.73 Å². The molecule has 2 rings (SSSR count). The third-order valence-electron chi connectivity index (χ3n) is 2.55. The molecule has 0 aliphatic heterocycles. The molecule has 1 aromatic heterocycles. The summed E-state index contributed by atoms with van der Waals surface area (Å²) in [4.78, 5) is 3.91. The summed E-state index contributed by atoms with van der Waals surface area (Å²) in [6, 6.07) is 8.12. The van der Waals surface area contributed by atoms with Crippen LogP contribution in [-0.4, -0.2) is 4.98 Å². The smallest absolute Gasteiger partial charge is 0.128 e. The Morgan fingerprint density at radius 2 is 1.88 bits per heavy atom. The van der Waals surface area contributed by atoms with Crippen LogP contribution >= 0.6 is 0 Å². The van der Waals surface area contributed by atoms with E-state index in [-0.39, 0.29) is 5.82 Å². The maximum absolute atomic E-state index is 13.6. The Hall–Kier alpha value is -1.74. The van der Waals surface area contributed by atoms with E-state index in [0.29, 0.717) is 5.56 Å². The third-order valence-corrected chi connectivity index (χ3v) is 2.55. The zero-order chi connectivity index (χ0) is 11.5. The second-order valence-electron chi connectivity index (χ2n) is 3.78. The molecule has 1 atom stereocenters. The van der Waals surface area contributed by atoms with E-state index in [1.807, 2.05) is 6.92 Å². The predicted molar refractivity (Wildman–Crippen MR) is 61.4 cm³/mol. The molecule has 0 fully saturated rings. The van der Waals surface area contributed by atoms with Crippen molar-refractivity contribution in [1.29, 1.82) is 0 Å². The van der Waals surface area contributed by atoms with E-state index in [1.165, 1.54) is 6.07 Å². The Morgan fingerprint density at radius 1 is 1.19 bits per heavy atom. The van der Waals surface area contributed by atoms with Crippen LogP contribution in [0.15, 0.2) is 42.7 Å². The molecule has 2 N–H and O–H groups in total. The van der Waals surface area contributed by atoms with Crippen LogP contribution in [0.2, 0.25) is 0 Å². The second-order valence-corrected chi connectivity index (χ2v) is 3.78. The molecule has 1 aromatic carbocycles. The van der Waals surface area contributed by atoms with Crippen LogP contribution in [0.5, 0.6) is 0 Å². The highest BCUT2D eigenvalue weighted by atomic mass is 19.1. The molecule has 2 aromatic rings. The molecule has 3 heteroatoms. The van der Waals surface area contributed by atoms with Crippen LogP contribution in [0.3, 0.4) is 0 Å². The van der Waals surface area contributed by atoms with Crippen LogP contribution in [-0.2, 0) is 0 Å². The maximum Gasteiger partial charge on any atom is 0.128 e. The molecule has 2 nitrogen and oxygen atoms in total. The highest BCUT2D eigenvalue weighted by Crippen LogP contribution is 2.22. The Morgan fingerprint density at radius 3 is 2.56 bits per heavy atom. The predicted octanol–water partition coefficient (Wildman–Crippen LogP) is 2.58. The lowest BCUT2D eigenvalue weighted by atomic mass is 9.98. The molecule has 82 valence electrons. The van der Waals surface area contributed by atoms with Gasteiger partial charge >= 0.3 is 0 Å². The van der Waals surface area contributed by atoms with Gasteiger partial charge in [-0.05, 0) is 30.7 Å². The van der Waals surface area contributed by atoms with E-state index in [0.717, 1.165) is 11.1 Å². The lowest BCUT2D eigenvalue weighted by Gasteiger charge is -2.13. The minimum Gasteiger partial charge on any atom is -0.320 e. The van der Waals surface area contributed by atoms with Crippen molar-refractivity contribution in [3.63, 3.8) is 0 Å². The fraction of sp³-hybridized carbons (Fsp3) is 0.154. The molecule has 1 heterocycles. The normalized spacial score (nSPS) is 12.4. The lowest BCUT2D eigenvalue weighted by molar-refractivity contribution is 0.599. The molecule has 0 aliphatic carbocycles. The summed E-state index contributed by atoms with van der Waals surface area (Å²) in [5.74, 6) is -0.269. The Balaban J connectivity index is 2.41. The number of nitrogens with zero attached hydrogens (tertiary/aromatic N) is 1. The fourth-order valence-electron chi connectivity index (χ4n) is 1.65. The number of aromatic nitrogens is 1. The minimum atomic E-state index is -0.442. The minimum absolute atomic E-state index is 0.269. The molecule has 0 saturated carbocycles. The SMILES string of the molecule is Cc1ccc(F)c(C(N)c2ccncc2)c1. The summed E-state index contributed by atoms with van der Waals surface area (Å²) < 4.78 is 13.6. The van der Waals surface area contributed by atoms with Gasteiger partial charge in [0.1, 0.15) is 5.82 Å². The van der Waals surface area contributed by atoms with Gasteiger partial charge in [-0.2, -0.15) is 0 Å². The number of pyridine rings is 1. The molecule has 1 unspecified atom stereocenters. The van der Waals surface area contributed by atoms with Gasteiger partial charge in [-0.1, -0.05) is 17.7 Å². The van der Waals surface area contributed by atoms with Gasteiger partial charge in [0.2, 0.25) is 0 Å². The van der Waals surface area contributed by atoms with Crippen molar-refractivity contribution in [1.82, 2.24) is 4.98 Å². The van der Waals surface area contributed by atoms with E-state index < -0.39 is 6.04 Å². The third kappa shape index (κ3) is 2.09. The van der Waals surface area contributed by atoms with Crippen LogP contribution in [0.25, 0.3) is 0 Å². The Bertz CT molecular complexity index is 483. The summed E-state index contributed by atoms with van der Waals surface area (Å²) in [7, 11) is 0. The quantitative estimate of drug-likeness (QED) is 0.838. The molecule has 0 amide bonds. The Kier molecular flexibility index (Phi) is 2.97. The standard InChI is InChI=1S/C13H13FN2/c1-9-2-3-12(14)11(8-9)13(15)10-4-6-16-7-5-10/h2-8,13H,15H2,1H3. The zero-order valence-corrected chi connectivity index (χ0v) is 9.02. The van der Waals surface area contributed by atoms with Crippen molar-refractivity contribution >= 4 is 0 Å². The first kappa shape index (κ1) is 10.8. The van der Waals surface area contributed by atoms with Gasteiger partial charge < -0.3 is 5.73 Å². The summed E-state index contributed by atoms with van der Waals surface area (Å²) in [5, 5.41) is 0. The van der Waals surface area contributed by atoms with Crippen molar-refractivity contribution < 1.29 is 4.39 Å². The average Bonchev–Trinajstić information content (AvgIpc) is 2.32. The second kappa shape index (κ2) is 4.41. The van der Waals surface area contributed by atoms with Gasteiger partial charge in [0.25, 0.3) is 0 Å². The van der Waals surface area contributed by atoms with E-state index in [9.17, 15) is 4.39 Å². The largest absolute Gasteiger partial charge is 0.320 e. The van der Waals surface area contributed by atoms with Gasteiger partial charge in [0.15, 0.2) is 0 Å². The summed E-state index contributed by atoms with van der Waals surface area (Å²) in [6.45, 7) is 1.92. The Labute approximate surface area is 93.9 Å². The number of benzene rings is 1. The molecule has 16 heavy (non-hydrogen) atoms. The average molecular weight is 216 g/mol. The molecular formula is C13H13FN2. The highest BCUT2D eigenvalue weighted by Gasteiger charge is 2.13. The van der Waals surface area contributed by atoms with E-state index in [1.54, 1.807) is 36.7 Å². The zero-order valence-electron chi connectivity index (χ0n) is 9.02. The molecule has 0 aliphatic rings. The maximum atomic E-state index is 13.6. The number of aryl methyl sites for hydroxylation is 1. The first-order valence-electron chi connectivity index (χ1n) is 5.10. The van der Waals surface area contributed by atoms with E-state index >= 15 is 0 Å². The van der Waals surface area contributed by atoms with Crippen molar-refractivity contribution in [2.75, 3.05) is 0 Å². The van der Waals surface area contributed by atoms with Gasteiger partial charge in [0, 0.05) is 18.0 Å². The van der Waals surface area contributed by atoms with Gasteiger partial charge in [-0.3, -0.25) is 4.98 Å². The number of nitrogens with two attached hydrogens (primary N) is 1. The van der Waals surface area contributed by atoms with Crippen LogP contribution in [0.1, 0.15) is 22.7 Å². The molecule has 0 saturated heterocycles. The first-order chi connectivity index (χ1) is 7.68. The topological polar surface area (TPSA) is 38.9 Å². The number of halogens is 1. The van der Waals surface area contributed by atoms with Crippen molar-refractivity contribution in [2.24, 2.45) is 5.73 Å². The van der Waals surface area contributed by atoms with Crippen molar-refractivity contribution in [3.05, 3.63) is 65.2 Å².